The maximum Gasteiger partial charge on any atom is 0.397 e. The largest absolute Gasteiger partial charge is 0.397 e. The summed E-state index contributed by atoms with van der Waals surface area (Å²) in [5, 5.41) is 0. The number of rotatable bonds is 1. The summed E-state index contributed by atoms with van der Waals surface area (Å²) in [6.45, 7) is 6.86. The molecule has 0 saturated heterocycles. The first-order valence-electron chi connectivity index (χ1n) is 5.63. The van der Waals surface area contributed by atoms with E-state index >= 15 is 0 Å². The molecular weight excluding hydrogens is 231 g/mol. The summed E-state index contributed by atoms with van der Waals surface area (Å²) in [7, 11) is 0. The Kier molecular flexibility index (Phi) is 3.89. The Labute approximate surface area is 99.5 Å². The normalized spacial score (nSPS) is 18.0. The molecular formula is C12H18F3NO. The highest BCUT2D eigenvalue weighted by Gasteiger charge is 2.34. The average Bonchev–Trinajstić information content (AvgIpc) is 2.14. The van der Waals surface area contributed by atoms with Gasteiger partial charge in [0.05, 0.1) is 0 Å². The summed E-state index contributed by atoms with van der Waals surface area (Å²) in [5.41, 5.74) is 1.23. The molecule has 1 aliphatic rings. The molecule has 1 rings (SSSR count). The van der Waals surface area contributed by atoms with E-state index in [0.29, 0.717) is 19.5 Å². The quantitative estimate of drug-likeness (QED) is 0.654. The number of nitrogens with zero attached hydrogens (tertiary/aromatic N) is 1. The van der Waals surface area contributed by atoms with Crippen LogP contribution in [0.4, 0.5) is 13.2 Å². The second-order valence-electron chi connectivity index (χ2n) is 5.36. The van der Waals surface area contributed by atoms with Gasteiger partial charge in [-0.25, -0.2) is 0 Å². The highest BCUT2D eigenvalue weighted by Crippen LogP contribution is 2.30. The van der Waals surface area contributed by atoms with Gasteiger partial charge in [0, 0.05) is 13.1 Å². The van der Waals surface area contributed by atoms with Crippen LogP contribution in [0, 0.1) is 5.41 Å². The molecule has 0 N–H and O–H groups in total. The van der Waals surface area contributed by atoms with Crippen molar-refractivity contribution in [1.29, 1.82) is 0 Å². The topological polar surface area (TPSA) is 20.3 Å². The molecule has 2 nitrogen and oxygen atoms in total. The summed E-state index contributed by atoms with van der Waals surface area (Å²) < 4.78 is 36.2. The van der Waals surface area contributed by atoms with Crippen LogP contribution < -0.4 is 0 Å². The lowest BCUT2D eigenvalue weighted by molar-refractivity contribution is -0.161. The number of amides is 1. The molecule has 0 aromatic carbocycles. The van der Waals surface area contributed by atoms with Crippen molar-refractivity contribution in [1.82, 2.24) is 4.90 Å². The molecule has 0 unspecified atom stereocenters. The highest BCUT2D eigenvalue weighted by molar-refractivity contribution is 5.77. The molecule has 0 spiro atoms. The van der Waals surface area contributed by atoms with Gasteiger partial charge in [-0.05, 0) is 11.8 Å². The average molecular weight is 249 g/mol. The third-order valence-electron chi connectivity index (χ3n) is 2.88. The van der Waals surface area contributed by atoms with Gasteiger partial charge in [-0.1, -0.05) is 32.4 Å². The van der Waals surface area contributed by atoms with E-state index in [0.717, 1.165) is 0 Å². The summed E-state index contributed by atoms with van der Waals surface area (Å²) in [6, 6.07) is 0. The summed E-state index contributed by atoms with van der Waals surface area (Å²) in [5.74, 6) is -0.832. The minimum absolute atomic E-state index is 0.0269. The van der Waals surface area contributed by atoms with Crippen LogP contribution in [0.15, 0.2) is 11.6 Å². The van der Waals surface area contributed by atoms with E-state index in [-0.39, 0.29) is 5.41 Å². The van der Waals surface area contributed by atoms with Crippen molar-refractivity contribution >= 4 is 5.91 Å². The van der Waals surface area contributed by atoms with E-state index in [1.54, 1.807) is 0 Å². The van der Waals surface area contributed by atoms with Crippen molar-refractivity contribution in [3.63, 3.8) is 0 Å². The predicted octanol–water partition coefficient (Wildman–Crippen LogP) is 3.14. The molecule has 0 bridgehead atoms. The van der Waals surface area contributed by atoms with Gasteiger partial charge in [-0.2, -0.15) is 13.2 Å². The van der Waals surface area contributed by atoms with Gasteiger partial charge in [0.25, 0.3) is 0 Å². The van der Waals surface area contributed by atoms with Crippen LogP contribution in [0.25, 0.3) is 0 Å². The Bertz CT molecular complexity index is 326. The van der Waals surface area contributed by atoms with Crippen LogP contribution in [-0.2, 0) is 4.79 Å². The molecule has 0 atom stereocenters. The molecule has 0 aromatic rings. The van der Waals surface area contributed by atoms with Gasteiger partial charge in [0.2, 0.25) is 5.91 Å². The third-order valence-corrected chi connectivity index (χ3v) is 2.88. The second kappa shape index (κ2) is 4.70. The Morgan fingerprint density at radius 3 is 2.29 bits per heavy atom. The lowest BCUT2D eigenvalue weighted by atomic mass is 9.83. The van der Waals surface area contributed by atoms with Crippen molar-refractivity contribution in [2.24, 2.45) is 5.41 Å². The van der Waals surface area contributed by atoms with Crippen LogP contribution in [0.3, 0.4) is 0 Å². The monoisotopic (exact) mass is 249 g/mol. The van der Waals surface area contributed by atoms with Crippen molar-refractivity contribution in [3.05, 3.63) is 11.6 Å². The van der Waals surface area contributed by atoms with Crippen LogP contribution >= 0.6 is 0 Å². The molecule has 98 valence electrons. The fourth-order valence-electron chi connectivity index (χ4n) is 1.86. The van der Waals surface area contributed by atoms with Crippen molar-refractivity contribution in [2.75, 3.05) is 13.1 Å². The number of carbonyl (C=O) groups excluding carboxylic acids is 1. The third kappa shape index (κ3) is 4.40. The summed E-state index contributed by atoms with van der Waals surface area (Å²) in [6.07, 6.45) is -3.23. The number of hydrogen-bond acceptors (Lipinski definition) is 1. The van der Waals surface area contributed by atoms with E-state index in [2.05, 4.69) is 20.8 Å². The molecule has 1 amide bonds. The lowest BCUT2D eigenvalue weighted by Crippen LogP contribution is -2.38. The zero-order chi connectivity index (χ0) is 13.3. The smallest absolute Gasteiger partial charge is 0.338 e. The van der Waals surface area contributed by atoms with Crippen molar-refractivity contribution in [2.45, 2.75) is 39.8 Å². The summed E-state index contributed by atoms with van der Waals surface area (Å²) in [4.78, 5) is 12.6. The molecule has 5 heteroatoms. The number of alkyl halides is 3. The van der Waals surface area contributed by atoms with Gasteiger partial charge in [0.15, 0.2) is 0 Å². The van der Waals surface area contributed by atoms with Gasteiger partial charge in [-0.3, -0.25) is 4.79 Å². The minimum atomic E-state index is -4.41. The molecule has 17 heavy (non-hydrogen) atoms. The van der Waals surface area contributed by atoms with E-state index in [4.69, 9.17) is 0 Å². The first-order chi connectivity index (χ1) is 7.59. The molecule has 0 saturated carbocycles. The van der Waals surface area contributed by atoms with E-state index in [9.17, 15) is 18.0 Å². The molecule has 0 aliphatic carbocycles. The zero-order valence-corrected chi connectivity index (χ0v) is 10.4. The molecule has 0 aromatic heterocycles. The molecule has 1 heterocycles. The van der Waals surface area contributed by atoms with E-state index in [1.807, 2.05) is 6.08 Å². The standard InChI is InChI=1S/C12H18F3NO/c1-11(2,3)9-4-6-16(7-5-9)10(17)8-12(13,14)15/h4H,5-8H2,1-3H3. The van der Waals surface area contributed by atoms with Gasteiger partial charge < -0.3 is 4.90 Å². The maximum absolute atomic E-state index is 12.1. The number of carbonyl (C=O) groups is 1. The molecule has 1 aliphatic heterocycles. The van der Waals surface area contributed by atoms with Crippen LogP contribution in [0.5, 0.6) is 0 Å². The first-order valence-corrected chi connectivity index (χ1v) is 5.63. The fraction of sp³-hybridized carbons (Fsp3) is 0.750. The lowest BCUT2D eigenvalue weighted by Gasteiger charge is -2.32. The Morgan fingerprint density at radius 2 is 1.94 bits per heavy atom. The van der Waals surface area contributed by atoms with Crippen LogP contribution in [0.2, 0.25) is 0 Å². The highest BCUT2D eigenvalue weighted by atomic mass is 19.4. The van der Waals surface area contributed by atoms with E-state index < -0.39 is 18.5 Å². The first kappa shape index (κ1) is 14.1. The van der Waals surface area contributed by atoms with Crippen molar-refractivity contribution in [3.8, 4) is 0 Å². The van der Waals surface area contributed by atoms with E-state index in [1.165, 1.54) is 10.5 Å². The van der Waals surface area contributed by atoms with Gasteiger partial charge in [0.1, 0.15) is 6.42 Å². The fourth-order valence-corrected chi connectivity index (χ4v) is 1.86. The second-order valence-corrected chi connectivity index (χ2v) is 5.36. The van der Waals surface area contributed by atoms with Gasteiger partial charge in [-0.15, -0.1) is 0 Å². The Hall–Kier alpha value is -1.00. The Morgan fingerprint density at radius 1 is 1.35 bits per heavy atom. The van der Waals surface area contributed by atoms with Crippen LogP contribution in [-0.4, -0.2) is 30.1 Å². The molecule has 0 fully saturated rings. The molecule has 0 radical (unpaired) electrons. The van der Waals surface area contributed by atoms with Crippen molar-refractivity contribution < 1.29 is 18.0 Å². The number of halogens is 3. The number of hydrogen-bond donors (Lipinski definition) is 0. The predicted molar refractivity (Wildman–Crippen MR) is 59.4 cm³/mol. The zero-order valence-electron chi connectivity index (χ0n) is 10.4. The maximum atomic E-state index is 12.1. The van der Waals surface area contributed by atoms with Gasteiger partial charge >= 0.3 is 6.18 Å². The van der Waals surface area contributed by atoms with Crippen LogP contribution in [0.1, 0.15) is 33.6 Å². The minimum Gasteiger partial charge on any atom is -0.338 e. The summed E-state index contributed by atoms with van der Waals surface area (Å²) >= 11 is 0. The SMILES string of the molecule is CC(C)(C)C1=CCN(C(=O)CC(F)(F)F)CC1. The Balaban J connectivity index is 2.58.